The number of rotatable bonds is 2. The van der Waals surface area contributed by atoms with E-state index in [0.717, 1.165) is 12.1 Å². The second kappa shape index (κ2) is 4.72. The number of halogens is 3. The lowest BCUT2D eigenvalue weighted by molar-refractivity contribution is -0.137. The van der Waals surface area contributed by atoms with E-state index in [-0.39, 0.29) is 17.0 Å². The number of hydrogen-bond acceptors (Lipinski definition) is 3. The highest BCUT2D eigenvalue weighted by atomic mass is 19.4. The highest BCUT2D eigenvalue weighted by Gasteiger charge is 2.30. The van der Waals surface area contributed by atoms with E-state index in [1.807, 2.05) is 0 Å². The van der Waals surface area contributed by atoms with Gasteiger partial charge in [-0.3, -0.25) is 4.79 Å². The lowest BCUT2D eigenvalue weighted by Gasteiger charge is -2.09. The van der Waals surface area contributed by atoms with Crippen molar-refractivity contribution in [2.24, 2.45) is 0 Å². The van der Waals surface area contributed by atoms with Gasteiger partial charge in [-0.1, -0.05) is 12.1 Å². The maximum atomic E-state index is 12.6. The van der Waals surface area contributed by atoms with E-state index in [0.29, 0.717) is 11.8 Å². The Morgan fingerprint density at radius 3 is 2.47 bits per heavy atom. The molecule has 2 aromatic rings. The molecule has 0 aliphatic heterocycles. The zero-order chi connectivity index (χ0) is 14.0. The zero-order valence-electron chi connectivity index (χ0n) is 9.48. The van der Waals surface area contributed by atoms with Crippen molar-refractivity contribution >= 4 is 6.29 Å². The number of aldehydes is 1. The van der Waals surface area contributed by atoms with Gasteiger partial charge in [-0.2, -0.15) is 13.2 Å². The van der Waals surface area contributed by atoms with Gasteiger partial charge in [0.2, 0.25) is 0 Å². The molecule has 0 atom stereocenters. The molecule has 0 spiro atoms. The van der Waals surface area contributed by atoms with E-state index in [1.54, 1.807) is 0 Å². The normalized spacial score (nSPS) is 11.3. The summed E-state index contributed by atoms with van der Waals surface area (Å²) in [6, 6.07) is 5.84. The molecular formula is C13H8F3NO2. The molecule has 98 valence electrons. The second-order valence-electron chi connectivity index (χ2n) is 3.82. The molecule has 1 aromatic carbocycles. The van der Waals surface area contributed by atoms with Gasteiger partial charge in [0.25, 0.3) is 0 Å². The first kappa shape index (κ1) is 13.1. The summed E-state index contributed by atoms with van der Waals surface area (Å²) in [4.78, 5) is 14.2. The SMILES string of the molecule is O=Cc1ncc(-c2cccc(C(F)(F)F)c2)cc1O. The molecule has 1 heterocycles. The largest absolute Gasteiger partial charge is 0.506 e. The standard InChI is InChI=1S/C13H8F3NO2/c14-13(15,16)10-3-1-2-8(4-10)9-5-12(19)11(7-18)17-6-9/h1-7,19H. The number of aromatic nitrogens is 1. The molecule has 19 heavy (non-hydrogen) atoms. The first-order valence-corrected chi connectivity index (χ1v) is 5.23. The molecule has 0 saturated carbocycles. The summed E-state index contributed by atoms with van der Waals surface area (Å²) >= 11 is 0. The van der Waals surface area contributed by atoms with Gasteiger partial charge in [0.05, 0.1) is 5.56 Å². The number of pyridine rings is 1. The third kappa shape index (κ3) is 2.73. The third-order valence-corrected chi connectivity index (χ3v) is 2.53. The maximum absolute atomic E-state index is 12.6. The smallest absolute Gasteiger partial charge is 0.416 e. The summed E-state index contributed by atoms with van der Waals surface area (Å²) in [6.45, 7) is 0. The van der Waals surface area contributed by atoms with Crippen LogP contribution in [0.4, 0.5) is 13.2 Å². The second-order valence-corrected chi connectivity index (χ2v) is 3.82. The predicted molar refractivity (Wildman–Crippen MR) is 61.7 cm³/mol. The average Bonchev–Trinajstić information content (AvgIpc) is 2.38. The van der Waals surface area contributed by atoms with Crippen LogP contribution < -0.4 is 0 Å². The van der Waals surface area contributed by atoms with Crippen LogP contribution in [0.2, 0.25) is 0 Å². The number of benzene rings is 1. The Balaban J connectivity index is 2.48. The number of hydrogen-bond donors (Lipinski definition) is 1. The van der Waals surface area contributed by atoms with Crippen LogP contribution in [0.3, 0.4) is 0 Å². The van der Waals surface area contributed by atoms with Crippen LogP contribution in [-0.4, -0.2) is 16.4 Å². The van der Waals surface area contributed by atoms with Crippen LogP contribution in [-0.2, 0) is 6.18 Å². The van der Waals surface area contributed by atoms with Crippen LogP contribution >= 0.6 is 0 Å². The quantitative estimate of drug-likeness (QED) is 0.849. The van der Waals surface area contributed by atoms with Crippen LogP contribution in [0.1, 0.15) is 16.1 Å². The number of carbonyl (C=O) groups is 1. The molecule has 0 unspecified atom stereocenters. The van der Waals surface area contributed by atoms with E-state index >= 15 is 0 Å². The molecular weight excluding hydrogens is 259 g/mol. The van der Waals surface area contributed by atoms with Crippen LogP contribution in [0.25, 0.3) is 11.1 Å². The molecule has 1 N–H and O–H groups in total. The number of aromatic hydroxyl groups is 1. The Morgan fingerprint density at radius 2 is 1.89 bits per heavy atom. The Labute approximate surface area is 106 Å². The van der Waals surface area contributed by atoms with Crippen molar-refractivity contribution in [3.05, 3.63) is 47.8 Å². The van der Waals surface area contributed by atoms with Gasteiger partial charge >= 0.3 is 6.18 Å². The lowest BCUT2D eigenvalue weighted by atomic mass is 10.0. The van der Waals surface area contributed by atoms with Crippen molar-refractivity contribution in [3.63, 3.8) is 0 Å². The van der Waals surface area contributed by atoms with Crippen molar-refractivity contribution < 1.29 is 23.1 Å². The molecule has 0 amide bonds. The van der Waals surface area contributed by atoms with Gasteiger partial charge in [0.15, 0.2) is 6.29 Å². The Morgan fingerprint density at radius 1 is 1.16 bits per heavy atom. The molecule has 3 nitrogen and oxygen atoms in total. The van der Waals surface area contributed by atoms with Gasteiger partial charge in [0.1, 0.15) is 11.4 Å². The fourth-order valence-corrected chi connectivity index (χ4v) is 1.59. The van der Waals surface area contributed by atoms with Gasteiger partial charge in [-0.05, 0) is 23.8 Å². The fraction of sp³-hybridized carbons (Fsp3) is 0.0769. The third-order valence-electron chi connectivity index (χ3n) is 2.53. The van der Waals surface area contributed by atoms with Crippen LogP contribution in [0.15, 0.2) is 36.5 Å². The summed E-state index contributed by atoms with van der Waals surface area (Å²) in [5, 5.41) is 9.47. The number of carbonyl (C=O) groups excluding carboxylic acids is 1. The minimum absolute atomic E-state index is 0.157. The van der Waals surface area contributed by atoms with Crippen molar-refractivity contribution in [3.8, 4) is 16.9 Å². The molecule has 0 radical (unpaired) electrons. The van der Waals surface area contributed by atoms with Gasteiger partial charge in [-0.25, -0.2) is 4.98 Å². The minimum atomic E-state index is -4.44. The summed E-state index contributed by atoms with van der Waals surface area (Å²) in [5.74, 6) is -0.370. The van der Waals surface area contributed by atoms with Crippen LogP contribution in [0.5, 0.6) is 5.75 Å². The Hall–Kier alpha value is -2.37. The molecule has 0 bridgehead atoms. The van der Waals surface area contributed by atoms with Gasteiger partial charge in [0, 0.05) is 11.8 Å². The lowest BCUT2D eigenvalue weighted by Crippen LogP contribution is -2.04. The van der Waals surface area contributed by atoms with Crippen molar-refractivity contribution in [1.82, 2.24) is 4.98 Å². The zero-order valence-corrected chi connectivity index (χ0v) is 9.48. The molecule has 0 saturated heterocycles. The minimum Gasteiger partial charge on any atom is -0.506 e. The Kier molecular flexibility index (Phi) is 3.25. The van der Waals surface area contributed by atoms with Gasteiger partial charge < -0.3 is 5.11 Å². The van der Waals surface area contributed by atoms with Gasteiger partial charge in [-0.15, -0.1) is 0 Å². The molecule has 1 aromatic heterocycles. The molecule has 6 heteroatoms. The molecule has 2 rings (SSSR count). The number of alkyl halides is 3. The summed E-state index contributed by atoms with van der Waals surface area (Å²) in [5.41, 5.74) is -0.385. The van der Waals surface area contributed by atoms with E-state index in [4.69, 9.17) is 0 Å². The van der Waals surface area contributed by atoms with E-state index < -0.39 is 11.7 Å². The highest BCUT2D eigenvalue weighted by Crippen LogP contribution is 2.32. The van der Waals surface area contributed by atoms with Crippen molar-refractivity contribution in [1.29, 1.82) is 0 Å². The van der Waals surface area contributed by atoms with E-state index in [2.05, 4.69) is 4.98 Å². The van der Waals surface area contributed by atoms with Crippen molar-refractivity contribution in [2.75, 3.05) is 0 Å². The molecule has 0 fully saturated rings. The summed E-state index contributed by atoms with van der Waals surface area (Å²) in [7, 11) is 0. The fourth-order valence-electron chi connectivity index (χ4n) is 1.59. The first-order chi connectivity index (χ1) is 8.91. The summed E-state index contributed by atoms with van der Waals surface area (Å²) < 4.78 is 37.7. The topological polar surface area (TPSA) is 50.2 Å². The monoisotopic (exact) mass is 267 g/mol. The molecule has 0 aliphatic carbocycles. The van der Waals surface area contributed by atoms with E-state index in [9.17, 15) is 23.1 Å². The maximum Gasteiger partial charge on any atom is 0.416 e. The average molecular weight is 267 g/mol. The predicted octanol–water partition coefficient (Wildman–Crippen LogP) is 3.29. The Bertz CT molecular complexity index is 624. The number of nitrogens with zero attached hydrogens (tertiary/aromatic N) is 1. The molecule has 0 aliphatic rings. The highest BCUT2D eigenvalue weighted by molar-refractivity contribution is 5.78. The first-order valence-electron chi connectivity index (χ1n) is 5.23. The van der Waals surface area contributed by atoms with Crippen molar-refractivity contribution in [2.45, 2.75) is 6.18 Å². The van der Waals surface area contributed by atoms with Crippen LogP contribution in [0, 0.1) is 0 Å². The van der Waals surface area contributed by atoms with E-state index in [1.165, 1.54) is 24.4 Å². The summed E-state index contributed by atoms with van der Waals surface area (Å²) in [6.07, 6.45) is -2.83.